The van der Waals surface area contributed by atoms with Gasteiger partial charge in [-0.2, -0.15) is 9.97 Å². The minimum atomic E-state index is -1.31. The van der Waals surface area contributed by atoms with Gasteiger partial charge in [0.1, 0.15) is 18.3 Å². The normalized spacial score (nSPS) is 24.0. The lowest BCUT2D eigenvalue weighted by Crippen LogP contribution is -2.33. The number of aliphatic hydroxyl groups excluding tert-OH is 3. The third-order valence-electron chi connectivity index (χ3n) is 4.32. The lowest BCUT2D eigenvalue weighted by molar-refractivity contribution is -0.757. The summed E-state index contributed by atoms with van der Waals surface area (Å²) in [5.74, 6) is 0.132. The highest BCUT2D eigenvalue weighted by Gasteiger charge is 2.44. The first-order valence-corrected chi connectivity index (χ1v) is 8.77. The maximum absolute atomic E-state index is 10.2. The van der Waals surface area contributed by atoms with E-state index in [2.05, 4.69) is 19.8 Å². The zero-order chi connectivity index (χ0) is 21.0. The number of imidazole rings is 1. The van der Waals surface area contributed by atoms with Crippen molar-refractivity contribution in [3.63, 3.8) is 0 Å². The highest BCUT2D eigenvalue weighted by Crippen LogP contribution is 2.33. The van der Waals surface area contributed by atoms with Crippen LogP contribution >= 0.6 is 0 Å². The van der Waals surface area contributed by atoms with Crippen molar-refractivity contribution in [1.82, 2.24) is 19.5 Å². The van der Waals surface area contributed by atoms with Crippen molar-refractivity contribution in [3.05, 3.63) is 16.4 Å². The Bertz CT molecular complexity index is 847. The van der Waals surface area contributed by atoms with Gasteiger partial charge < -0.3 is 34.4 Å². The van der Waals surface area contributed by atoms with Gasteiger partial charge in [-0.05, 0) is 12.8 Å². The molecule has 0 unspecified atom stereocenters. The first kappa shape index (κ1) is 20.9. The van der Waals surface area contributed by atoms with Gasteiger partial charge in [0.05, 0.1) is 33.3 Å². The van der Waals surface area contributed by atoms with Gasteiger partial charge in [0.25, 0.3) is 5.09 Å². The average Bonchev–Trinajstić information content (AvgIpc) is 3.25. The quantitative estimate of drug-likeness (QED) is 0.240. The lowest BCUT2D eigenvalue weighted by atomic mass is 10.1. The summed E-state index contributed by atoms with van der Waals surface area (Å²) in [6.45, 7) is -0.330. The monoisotopic (exact) mass is 415 g/mol. The fraction of sp³-hybridized carbons (Fsp3) is 0.667. The Kier molecular flexibility index (Phi) is 6.58. The second kappa shape index (κ2) is 9.13. The van der Waals surface area contributed by atoms with Crippen molar-refractivity contribution in [3.8, 4) is 11.9 Å². The predicted octanol–water partition coefficient (Wildman–Crippen LogP) is -1.19. The van der Waals surface area contributed by atoms with Gasteiger partial charge in [-0.3, -0.25) is 4.57 Å². The summed E-state index contributed by atoms with van der Waals surface area (Å²) in [5, 5.41) is 38.7. The van der Waals surface area contributed by atoms with Gasteiger partial charge in [-0.1, -0.05) is 0 Å². The van der Waals surface area contributed by atoms with Gasteiger partial charge in [-0.15, -0.1) is 10.1 Å². The summed E-state index contributed by atoms with van der Waals surface area (Å²) < 4.78 is 17.6. The maximum Gasteiger partial charge on any atom is 0.321 e. The third kappa shape index (κ3) is 4.45. The number of unbranched alkanes of at least 4 members (excludes halogenated alkanes) is 1. The van der Waals surface area contributed by atoms with E-state index >= 15 is 0 Å². The van der Waals surface area contributed by atoms with Crippen LogP contribution in [-0.4, -0.2) is 85.2 Å². The Morgan fingerprint density at radius 3 is 2.69 bits per heavy atom. The lowest BCUT2D eigenvalue weighted by Gasteiger charge is -2.16. The highest BCUT2D eigenvalue weighted by atomic mass is 16.9. The van der Waals surface area contributed by atoms with Crippen molar-refractivity contribution in [2.45, 2.75) is 37.4 Å². The van der Waals surface area contributed by atoms with E-state index in [-0.39, 0.29) is 36.3 Å². The van der Waals surface area contributed by atoms with Crippen molar-refractivity contribution < 1.29 is 39.5 Å². The molecule has 2 aromatic rings. The minimum absolute atomic E-state index is 0.0296. The minimum Gasteiger partial charge on any atom is -0.479 e. The van der Waals surface area contributed by atoms with Gasteiger partial charge in [0.15, 0.2) is 17.4 Å². The van der Waals surface area contributed by atoms with Crippen LogP contribution in [-0.2, 0) is 9.57 Å². The summed E-state index contributed by atoms with van der Waals surface area (Å²) in [6.07, 6.45) is -2.35. The first-order valence-electron chi connectivity index (χ1n) is 8.77. The van der Waals surface area contributed by atoms with Gasteiger partial charge >= 0.3 is 6.01 Å². The van der Waals surface area contributed by atoms with Crippen LogP contribution in [0.1, 0.15) is 19.1 Å². The molecule has 0 radical (unpaired) electrons. The van der Waals surface area contributed by atoms with Crippen molar-refractivity contribution in [2.24, 2.45) is 0 Å². The third-order valence-corrected chi connectivity index (χ3v) is 4.32. The highest BCUT2D eigenvalue weighted by molar-refractivity contribution is 5.76. The Balaban J connectivity index is 1.76. The van der Waals surface area contributed by atoms with Gasteiger partial charge in [0.2, 0.25) is 5.88 Å². The molecule has 0 saturated carbocycles. The molecular weight excluding hydrogens is 394 g/mol. The number of rotatable bonds is 10. The van der Waals surface area contributed by atoms with E-state index < -0.39 is 36.2 Å². The molecule has 3 rings (SSSR count). The summed E-state index contributed by atoms with van der Waals surface area (Å²) >= 11 is 0. The van der Waals surface area contributed by atoms with Crippen LogP contribution in [0, 0.1) is 10.1 Å². The van der Waals surface area contributed by atoms with Crippen LogP contribution < -0.4 is 9.47 Å². The Labute approximate surface area is 163 Å². The van der Waals surface area contributed by atoms with Crippen molar-refractivity contribution >= 4 is 11.2 Å². The maximum atomic E-state index is 10.2. The summed E-state index contributed by atoms with van der Waals surface area (Å²) in [6, 6.07) is -0.0296. The number of nitrogens with zero attached hydrogens (tertiary/aromatic N) is 5. The SMILES string of the molecule is COc1nc(OCCCCO[N+](=O)[O-])nc2c1ncn2[C@@H]1O[C@H](CO)[C@@H](O)[C@H]1O. The smallest absolute Gasteiger partial charge is 0.321 e. The number of fused-ring (bicyclic) bond motifs is 1. The second-order valence-electron chi connectivity index (χ2n) is 6.18. The van der Waals surface area contributed by atoms with Crippen LogP contribution in [0.2, 0.25) is 0 Å². The molecule has 1 aliphatic heterocycles. The van der Waals surface area contributed by atoms with E-state index in [1.807, 2.05) is 0 Å². The fourth-order valence-electron chi connectivity index (χ4n) is 2.88. The van der Waals surface area contributed by atoms with E-state index in [1.54, 1.807) is 0 Å². The van der Waals surface area contributed by atoms with Crippen LogP contribution in [0.4, 0.5) is 0 Å². The van der Waals surface area contributed by atoms with Crippen LogP contribution in [0.5, 0.6) is 11.9 Å². The zero-order valence-corrected chi connectivity index (χ0v) is 15.4. The molecule has 3 heterocycles. The van der Waals surface area contributed by atoms with Gasteiger partial charge in [-0.25, -0.2) is 4.98 Å². The molecule has 3 N–H and O–H groups in total. The Hall–Kier alpha value is -2.81. The van der Waals surface area contributed by atoms with E-state index in [1.165, 1.54) is 18.0 Å². The summed E-state index contributed by atoms with van der Waals surface area (Å²) in [4.78, 5) is 26.8. The number of ether oxygens (including phenoxy) is 3. The van der Waals surface area contributed by atoms with Crippen LogP contribution in [0.25, 0.3) is 11.2 Å². The number of methoxy groups -OCH3 is 1. The standard InChI is InChI=1S/C15H21N5O9/c1-26-13-9-12(17-15(18-13)27-4-2-3-5-28-20(24)25)19(7-16-9)14-11(23)10(22)8(6-21)29-14/h7-8,10-11,14,21-23H,2-6H2,1H3/t8-,10-,11-,14-/m1/s1. The molecule has 2 aromatic heterocycles. The molecule has 0 bridgehead atoms. The molecule has 0 aromatic carbocycles. The number of hydrogen-bond acceptors (Lipinski definition) is 12. The Morgan fingerprint density at radius 1 is 1.28 bits per heavy atom. The topological polar surface area (TPSA) is 184 Å². The summed E-state index contributed by atoms with van der Waals surface area (Å²) in [7, 11) is 1.39. The molecule has 1 aliphatic rings. The molecule has 14 heteroatoms. The molecule has 14 nitrogen and oxygen atoms in total. The van der Waals surface area contributed by atoms with E-state index in [0.29, 0.717) is 12.8 Å². The Morgan fingerprint density at radius 2 is 2.03 bits per heavy atom. The fourth-order valence-corrected chi connectivity index (χ4v) is 2.88. The molecule has 29 heavy (non-hydrogen) atoms. The number of aliphatic hydroxyl groups is 3. The molecular formula is C15H21N5O9. The first-order chi connectivity index (χ1) is 14.0. The second-order valence-corrected chi connectivity index (χ2v) is 6.18. The summed E-state index contributed by atoms with van der Waals surface area (Å²) in [5.41, 5.74) is 0.523. The molecule has 1 saturated heterocycles. The number of aromatic nitrogens is 4. The van der Waals surface area contributed by atoms with E-state index in [9.17, 15) is 25.4 Å². The molecule has 1 fully saturated rings. The van der Waals surface area contributed by atoms with Crippen LogP contribution in [0.15, 0.2) is 6.33 Å². The largest absolute Gasteiger partial charge is 0.479 e. The van der Waals surface area contributed by atoms with Crippen molar-refractivity contribution in [2.75, 3.05) is 26.9 Å². The average molecular weight is 415 g/mol. The zero-order valence-electron chi connectivity index (χ0n) is 15.4. The van der Waals surface area contributed by atoms with E-state index in [0.717, 1.165) is 0 Å². The number of hydrogen-bond donors (Lipinski definition) is 3. The van der Waals surface area contributed by atoms with Crippen molar-refractivity contribution in [1.29, 1.82) is 0 Å². The molecule has 0 spiro atoms. The van der Waals surface area contributed by atoms with E-state index in [4.69, 9.17) is 14.2 Å². The molecule has 160 valence electrons. The molecule has 0 aliphatic carbocycles. The van der Waals surface area contributed by atoms with Crippen LogP contribution in [0.3, 0.4) is 0 Å². The molecule has 4 atom stereocenters. The van der Waals surface area contributed by atoms with Gasteiger partial charge in [0, 0.05) is 0 Å². The molecule has 0 amide bonds. The predicted molar refractivity (Wildman–Crippen MR) is 92.6 cm³/mol.